The number of nitrogens with zero attached hydrogens (tertiary/aromatic N) is 4. The van der Waals surface area contributed by atoms with Gasteiger partial charge in [-0.2, -0.15) is 4.99 Å². The van der Waals surface area contributed by atoms with Gasteiger partial charge in [0.05, 0.1) is 24.2 Å². The van der Waals surface area contributed by atoms with E-state index in [1.165, 1.54) is 11.6 Å². The van der Waals surface area contributed by atoms with Gasteiger partial charge in [0.15, 0.2) is 0 Å². The predicted molar refractivity (Wildman–Crippen MR) is 161 cm³/mol. The lowest BCUT2D eigenvalue weighted by molar-refractivity contribution is -0.118. The van der Waals surface area contributed by atoms with Crippen molar-refractivity contribution in [2.75, 3.05) is 25.5 Å². The number of nitrogens with two attached hydrogens (primary N) is 2. The number of allylic oxidation sites excluding steroid dienone is 1. The van der Waals surface area contributed by atoms with E-state index < -0.39 is 0 Å². The number of likely N-dealkylation sites (tertiary alicyclic amines) is 1. The number of amides is 1. The number of hydrogen-bond donors (Lipinski definition) is 4. The van der Waals surface area contributed by atoms with Crippen molar-refractivity contribution in [1.29, 1.82) is 5.41 Å². The molecule has 0 unspecified atom stereocenters. The molecule has 1 saturated heterocycles. The second-order valence-corrected chi connectivity index (χ2v) is 10.6. The quantitative estimate of drug-likeness (QED) is 0.207. The molecule has 2 fully saturated rings. The standard InChI is InChI=1S/C31H36N8O2/c1-19(33)28(12-29(34)38-31(40)20-6-7-20)37-27-5-3-4-25(30(27)41-2)22-8-9-26(36-15-22)24-17-39(18-24)16-23-14-35-11-10-21(23)13-32/h3-5,8-12,14-15,20,24,33,37H,6-7,13,16-18,32H2,1-2H3,(H2,34,38,40)/b28-12+,33-19?. The topological polar surface area (TPSA) is 156 Å². The molecule has 1 aromatic carbocycles. The van der Waals surface area contributed by atoms with Crippen LogP contribution in [-0.2, 0) is 17.9 Å². The summed E-state index contributed by atoms with van der Waals surface area (Å²) in [5.74, 6) is 0.830. The van der Waals surface area contributed by atoms with Gasteiger partial charge in [0.2, 0.25) is 0 Å². The molecule has 1 aliphatic carbocycles. The average Bonchev–Trinajstić information content (AvgIpc) is 3.80. The summed E-state index contributed by atoms with van der Waals surface area (Å²) in [4.78, 5) is 27.4. The van der Waals surface area contributed by atoms with E-state index in [9.17, 15) is 4.79 Å². The van der Waals surface area contributed by atoms with Gasteiger partial charge in [-0.05, 0) is 49.1 Å². The number of carbonyl (C=O) groups is 1. The molecule has 1 amide bonds. The summed E-state index contributed by atoms with van der Waals surface area (Å²) in [5.41, 5.74) is 18.4. The first-order chi connectivity index (χ1) is 19.9. The Labute approximate surface area is 240 Å². The van der Waals surface area contributed by atoms with Gasteiger partial charge >= 0.3 is 0 Å². The smallest absolute Gasteiger partial charge is 0.250 e. The number of anilines is 1. The van der Waals surface area contributed by atoms with E-state index >= 15 is 0 Å². The monoisotopic (exact) mass is 552 g/mol. The molecule has 0 radical (unpaired) electrons. The molecule has 1 aliphatic heterocycles. The van der Waals surface area contributed by atoms with Gasteiger partial charge in [0, 0.05) is 79.5 Å². The van der Waals surface area contributed by atoms with Crippen molar-refractivity contribution in [3.05, 3.63) is 83.6 Å². The van der Waals surface area contributed by atoms with E-state index in [0.717, 1.165) is 54.9 Å². The largest absolute Gasteiger partial charge is 0.494 e. The molecule has 2 aliphatic rings. The zero-order chi connectivity index (χ0) is 28.9. The fourth-order valence-electron chi connectivity index (χ4n) is 4.93. The number of methoxy groups -OCH3 is 1. The van der Waals surface area contributed by atoms with Gasteiger partial charge < -0.3 is 26.9 Å². The first-order valence-corrected chi connectivity index (χ1v) is 13.8. The summed E-state index contributed by atoms with van der Waals surface area (Å²) in [6.45, 7) is 4.87. The first kappa shape index (κ1) is 28.1. The third-order valence-corrected chi connectivity index (χ3v) is 7.44. The molecule has 3 heterocycles. The summed E-state index contributed by atoms with van der Waals surface area (Å²) in [6.07, 6.45) is 8.79. The maximum Gasteiger partial charge on any atom is 0.250 e. The fraction of sp³-hybridized carbons (Fsp3) is 0.323. The molecular weight excluding hydrogens is 516 g/mol. The van der Waals surface area contributed by atoms with Crippen molar-refractivity contribution in [1.82, 2.24) is 14.9 Å². The Kier molecular flexibility index (Phi) is 8.51. The molecule has 5 rings (SSSR count). The van der Waals surface area contributed by atoms with Crippen LogP contribution in [-0.4, -0.2) is 52.5 Å². The molecule has 1 saturated carbocycles. The highest BCUT2D eigenvalue weighted by molar-refractivity contribution is 6.08. The second-order valence-electron chi connectivity index (χ2n) is 10.6. The Morgan fingerprint density at radius 1 is 1.20 bits per heavy atom. The number of para-hydroxylation sites is 1. The Morgan fingerprint density at radius 2 is 2.00 bits per heavy atom. The summed E-state index contributed by atoms with van der Waals surface area (Å²) in [7, 11) is 1.61. The molecule has 0 bridgehead atoms. The number of pyridine rings is 2. The van der Waals surface area contributed by atoms with Crippen LogP contribution in [0, 0.1) is 11.3 Å². The number of rotatable bonds is 11. The van der Waals surface area contributed by atoms with Crippen LogP contribution >= 0.6 is 0 Å². The van der Waals surface area contributed by atoms with E-state index in [1.807, 2.05) is 36.7 Å². The van der Waals surface area contributed by atoms with Crippen LogP contribution in [0.3, 0.4) is 0 Å². The van der Waals surface area contributed by atoms with Crippen LogP contribution < -0.4 is 21.5 Å². The molecule has 10 heteroatoms. The van der Waals surface area contributed by atoms with Gasteiger partial charge in [0.25, 0.3) is 5.91 Å². The lowest BCUT2D eigenvalue weighted by Crippen LogP contribution is -2.44. The van der Waals surface area contributed by atoms with Gasteiger partial charge in [0.1, 0.15) is 11.6 Å². The highest BCUT2D eigenvalue weighted by Crippen LogP contribution is 2.38. The summed E-state index contributed by atoms with van der Waals surface area (Å²) in [5, 5.41) is 11.5. The van der Waals surface area contributed by atoms with Gasteiger partial charge in [-0.3, -0.25) is 19.7 Å². The van der Waals surface area contributed by atoms with Crippen LogP contribution in [0.1, 0.15) is 42.5 Å². The van der Waals surface area contributed by atoms with Gasteiger partial charge in [-0.15, -0.1) is 0 Å². The maximum atomic E-state index is 12.0. The number of ether oxygens (including phenoxy) is 1. The van der Waals surface area contributed by atoms with Crippen LogP contribution in [0.2, 0.25) is 0 Å². The van der Waals surface area contributed by atoms with E-state index in [-0.39, 0.29) is 23.4 Å². The molecule has 212 valence electrons. The van der Waals surface area contributed by atoms with E-state index in [4.69, 9.17) is 26.6 Å². The van der Waals surface area contributed by atoms with E-state index in [0.29, 0.717) is 29.6 Å². The number of nitrogens with one attached hydrogen (secondary N) is 2. The second kappa shape index (κ2) is 12.4. The lowest BCUT2D eigenvalue weighted by Gasteiger charge is -2.39. The Hall–Kier alpha value is -4.41. The molecule has 0 atom stereocenters. The highest BCUT2D eigenvalue weighted by Gasteiger charge is 2.30. The van der Waals surface area contributed by atoms with Crippen molar-refractivity contribution in [3.63, 3.8) is 0 Å². The molecule has 3 aromatic rings. The third-order valence-electron chi connectivity index (χ3n) is 7.44. The molecule has 2 aromatic heterocycles. The van der Waals surface area contributed by atoms with E-state index in [1.54, 1.807) is 20.2 Å². The Morgan fingerprint density at radius 3 is 2.66 bits per heavy atom. The molecule has 10 nitrogen and oxygen atoms in total. The number of carbonyl (C=O) groups excluding carboxylic acids is 1. The molecule has 6 N–H and O–H groups in total. The van der Waals surface area contributed by atoms with Crippen LogP contribution in [0.4, 0.5) is 5.69 Å². The summed E-state index contributed by atoms with van der Waals surface area (Å²) < 4.78 is 5.80. The zero-order valence-corrected chi connectivity index (χ0v) is 23.4. The van der Waals surface area contributed by atoms with Crippen molar-refractivity contribution in [3.8, 4) is 16.9 Å². The minimum Gasteiger partial charge on any atom is -0.494 e. The van der Waals surface area contributed by atoms with Crippen LogP contribution in [0.5, 0.6) is 5.75 Å². The van der Waals surface area contributed by atoms with Crippen molar-refractivity contribution in [2.24, 2.45) is 22.4 Å². The number of benzene rings is 1. The Balaban J connectivity index is 1.28. The fourth-order valence-corrected chi connectivity index (χ4v) is 4.93. The SMILES string of the molecule is COc1c(N/C(=C/C(N)=NC(=O)C2CC2)C(C)=N)cccc1-c1ccc(C2CN(Cc3cnccc3CN)C2)nc1. The van der Waals surface area contributed by atoms with E-state index in [2.05, 4.69) is 32.3 Å². The maximum absolute atomic E-state index is 12.0. The van der Waals surface area contributed by atoms with Crippen LogP contribution in [0.25, 0.3) is 11.1 Å². The van der Waals surface area contributed by atoms with Crippen LogP contribution in [0.15, 0.2) is 71.8 Å². The number of amidine groups is 1. The minimum atomic E-state index is -0.208. The first-order valence-electron chi connectivity index (χ1n) is 13.8. The van der Waals surface area contributed by atoms with Crippen molar-refractivity contribution >= 4 is 23.1 Å². The summed E-state index contributed by atoms with van der Waals surface area (Å²) in [6, 6.07) is 11.9. The van der Waals surface area contributed by atoms with Crippen molar-refractivity contribution < 1.29 is 9.53 Å². The molecule has 41 heavy (non-hydrogen) atoms. The number of hydrogen-bond acceptors (Lipinski definition) is 8. The number of aliphatic imine (C=N–C) groups is 1. The minimum absolute atomic E-state index is 0.0178. The average molecular weight is 553 g/mol. The normalized spacial score (nSPS) is 16.3. The summed E-state index contributed by atoms with van der Waals surface area (Å²) >= 11 is 0. The predicted octanol–water partition coefficient (Wildman–Crippen LogP) is 3.84. The molecule has 0 spiro atoms. The highest BCUT2D eigenvalue weighted by atomic mass is 16.5. The Bertz CT molecular complexity index is 1490. The van der Waals surface area contributed by atoms with Crippen molar-refractivity contribution in [2.45, 2.75) is 38.8 Å². The number of aromatic nitrogens is 2. The van der Waals surface area contributed by atoms with Gasteiger partial charge in [-0.25, -0.2) is 0 Å². The zero-order valence-electron chi connectivity index (χ0n) is 23.4. The third kappa shape index (κ3) is 6.67. The van der Waals surface area contributed by atoms with Gasteiger partial charge in [-0.1, -0.05) is 18.2 Å². The lowest BCUT2D eigenvalue weighted by atomic mass is 9.94. The molecular formula is C31H36N8O2.